The number of benzene rings is 1. The summed E-state index contributed by atoms with van der Waals surface area (Å²) in [5.74, 6) is 0.314. The molecule has 6 nitrogen and oxygen atoms in total. The van der Waals surface area contributed by atoms with Gasteiger partial charge in [-0.1, -0.05) is 12.1 Å². The lowest BCUT2D eigenvalue weighted by molar-refractivity contribution is -0.122. The monoisotopic (exact) mass is 277 g/mol. The first-order valence-electron chi connectivity index (χ1n) is 6.31. The summed E-state index contributed by atoms with van der Waals surface area (Å²) in [6.07, 6.45) is 0. The van der Waals surface area contributed by atoms with Crippen LogP contribution in [0.2, 0.25) is 0 Å². The zero-order valence-electron chi connectivity index (χ0n) is 11.5. The fourth-order valence-corrected chi connectivity index (χ4v) is 1.45. The summed E-state index contributed by atoms with van der Waals surface area (Å²) >= 11 is 0. The van der Waals surface area contributed by atoms with Gasteiger partial charge in [-0.3, -0.25) is 4.79 Å². The maximum Gasteiger partial charge on any atom is 0.258 e. The molecule has 20 heavy (non-hydrogen) atoms. The molecular weight excluding hydrogens is 258 g/mol. The lowest BCUT2D eigenvalue weighted by Gasteiger charge is -2.07. The van der Waals surface area contributed by atoms with E-state index >= 15 is 0 Å². The van der Waals surface area contributed by atoms with Crippen molar-refractivity contribution < 1.29 is 14.3 Å². The highest BCUT2D eigenvalue weighted by molar-refractivity contribution is 5.77. The fraction of sp³-hybridized carbons (Fsp3) is 0.429. The number of amides is 1. The van der Waals surface area contributed by atoms with E-state index in [9.17, 15) is 4.79 Å². The Bertz CT molecular complexity index is 440. The van der Waals surface area contributed by atoms with E-state index in [1.165, 1.54) is 0 Å². The zero-order chi connectivity index (χ0) is 14.6. The number of methoxy groups -OCH3 is 1. The Morgan fingerprint density at radius 3 is 2.75 bits per heavy atom. The SMILES string of the molecule is COCCNCc1ccc(OCC(=O)NCC#N)cc1. The minimum atomic E-state index is -0.308. The van der Waals surface area contributed by atoms with E-state index in [0.717, 1.165) is 18.7 Å². The highest BCUT2D eigenvalue weighted by Crippen LogP contribution is 2.11. The van der Waals surface area contributed by atoms with Crippen molar-refractivity contribution in [3.63, 3.8) is 0 Å². The lowest BCUT2D eigenvalue weighted by Crippen LogP contribution is -2.29. The van der Waals surface area contributed by atoms with Crippen LogP contribution in [0.3, 0.4) is 0 Å². The summed E-state index contributed by atoms with van der Waals surface area (Å²) in [4.78, 5) is 11.2. The Morgan fingerprint density at radius 2 is 2.10 bits per heavy atom. The molecule has 1 aromatic carbocycles. The highest BCUT2D eigenvalue weighted by Gasteiger charge is 2.01. The molecule has 2 N–H and O–H groups in total. The number of hydrogen-bond donors (Lipinski definition) is 2. The van der Waals surface area contributed by atoms with Gasteiger partial charge in [0.1, 0.15) is 12.3 Å². The van der Waals surface area contributed by atoms with Crippen LogP contribution in [-0.2, 0) is 16.1 Å². The number of hydrogen-bond acceptors (Lipinski definition) is 5. The van der Waals surface area contributed by atoms with Gasteiger partial charge in [0, 0.05) is 20.2 Å². The van der Waals surface area contributed by atoms with Crippen molar-refractivity contribution in [1.82, 2.24) is 10.6 Å². The number of rotatable bonds is 9. The molecule has 0 saturated heterocycles. The number of nitriles is 1. The van der Waals surface area contributed by atoms with Crippen LogP contribution in [0.15, 0.2) is 24.3 Å². The van der Waals surface area contributed by atoms with Crippen molar-refractivity contribution in [2.24, 2.45) is 0 Å². The molecule has 0 fully saturated rings. The van der Waals surface area contributed by atoms with Gasteiger partial charge in [-0.2, -0.15) is 5.26 Å². The van der Waals surface area contributed by atoms with Gasteiger partial charge < -0.3 is 20.1 Å². The Morgan fingerprint density at radius 1 is 1.35 bits per heavy atom. The summed E-state index contributed by atoms with van der Waals surface area (Å²) in [5.41, 5.74) is 1.13. The van der Waals surface area contributed by atoms with E-state index in [1.807, 2.05) is 30.3 Å². The molecule has 0 aliphatic rings. The number of nitrogens with one attached hydrogen (secondary N) is 2. The first-order chi connectivity index (χ1) is 9.76. The van der Waals surface area contributed by atoms with Crippen molar-refractivity contribution >= 4 is 5.91 Å². The zero-order valence-corrected chi connectivity index (χ0v) is 11.5. The molecule has 0 heterocycles. The van der Waals surface area contributed by atoms with Crippen LogP contribution in [-0.4, -0.2) is 39.3 Å². The standard InChI is InChI=1S/C14H19N3O3/c1-19-9-8-16-10-12-2-4-13(5-3-12)20-11-14(18)17-7-6-15/h2-5,16H,7-11H2,1H3,(H,17,18). The summed E-state index contributed by atoms with van der Waals surface area (Å²) in [6, 6.07) is 9.32. The second-order valence-corrected chi connectivity index (χ2v) is 4.04. The van der Waals surface area contributed by atoms with Crippen molar-refractivity contribution in [1.29, 1.82) is 5.26 Å². The quantitative estimate of drug-likeness (QED) is 0.505. The van der Waals surface area contributed by atoms with Crippen molar-refractivity contribution in [3.8, 4) is 11.8 Å². The summed E-state index contributed by atoms with van der Waals surface area (Å²) in [7, 11) is 1.67. The highest BCUT2D eigenvalue weighted by atomic mass is 16.5. The van der Waals surface area contributed by atoms with E-state index in [4.69, 9.17) is 14.7 Å². The molecular formula is C14H19N3O3. The molecule has 0 saturated carbocycles. The summed E-state index contributed by atoms with van der Waals surface area (Å²) in [6.45, 7) is 2.14. The molecule has 1 rings (SSSR count). The van der Waals surface area contributed by atoms with Crippen molar-refractivity contribution in [2.75, 3.05) is 33.4 Å². The topological polar surface area (TPSA) is 83.4 Å². The molecule has 108 valence electrons. The third kappa shape index (κ3) is 6.73. The molecule has 0 bridgehead atoms. The van der Waals surface area contributed by atoms with Gasteiger partial charge in [0.25, 0.3) is 5.91 Å². The normalized spacial score (nSPS) is 9.80. The first-order valence-corrected chi connectivity index (χ1v) is 6.31. The second-order valence-electron chi connectivity index (χ2n) is 4.04. The van der Waals surface area contributed by atoms with Crippen molar-refractivity contribution in [2.45, 2.75) is 6.54 Å². The van der Waals surface area contributed by atoms with Gasteiger partial charge in [0.05, 0.1) is 12.7 Å². The van der Waals surface area contributed by atoms with Gasteiger partial charge in [0.2, 0.25) is 0 Å². The molecule has 1 amide bonds. The number of ether oxygens (including phenoxy) is 2. The van der Waals surface area contributed by atoms with Crippen LogP contribution in [0.1, 0.15) is 5.56 Å². The van der Waals surface area contributed by atoms with Crippen LogP contribution in [0, 0.1) is 11.3 Å². The average Bonchev–Trinajstić information content (AvgIpc) is 2.48. The molecule has 0 radical (unpaired) electrons. The van der Waals surface area contributed by atoms with E-state index in [1.54, 1.807) is 7.11 Å². The van der Waals surface area contributed by atoms with E-state index in [2.05, 4.69) is 10.6 Å². The smallest absolute Gasteiger partial charge is 0.258 e. The molecule has 0 unspecified atom stereocenters. The minimum absolute atomic E-state index is 0.00568. The minimum Gasteiger partial charge on any atom is -0.484 e. The molecule has 6 heteroatoms. The average molecular weight is 277 g/mol. The lowest BCUT2D eigenvalue weighted by atomic mass is 10.2. The van der Waals surface area contributed by atoms with Gasteiger partial charge in [0.15, 0.2) is 6.61 Å². The van der Waals surface area contributed by atoms with E-state index in [-0.39, 0.29) is 19.1 Å². The van der Waals surface area contributed by atoms with Gasteiger partial charge >= 0.3 is 0 Å². The Labute approximate surface area is 118 Å². The Kier molecular flexibility index (Phi) is 7.80. The fourth-order valence-electron chi connectivity index (χ4n) is 1.45. The summed E-state index contributed by atoms with van der Waals surface area (Å²) < 4.78 is 10.2. The predicted octanol–water partition coefficient (Wildman–Crippen LogP) is 0.441. The van der Waals surface area contributed by atoms with Crippen LogP contribution in [0.5, 0.6) is 5.75 Å². The molecule has 0 atom stereocenters. The van der Waals surface area contributed by atoms with Gasteiger partial charge in [-0.15, -0.1) is 0 Å². The molecule has 0 aliphatic carbocycles. The molecule has 0 aromatic heterocycles. The van der Waals surface area contributed by atoms with Crippen LogP contribution < -0.4 is 15.4 Å². The second kappa shape index (κ2) is 9.78. The molecule has 0 aliphatic heterocycles. The summed E-state index contributed by atoms with van der Waals surface area (Å²) in [5, 5.41) is 14.0. The first kappa shape index (κ1) is 16.0. The third-order valence-electron chi connectivity index (χ3n) is 2.47. The van der Waals surface area contributed by atoms with Crippen molar-refractivity contribution in [3.05, 3.63) is 29.8 Å². The van der Waals surface area contributed by atoms with Crippen LogP contribution in [0.4, 0.5) is 0 Å². The van der Waals surface area contributed by atoms with E-state index < -0.39 is 0 Å². The molecule has 1 aromatic rings. The maximum atomic E-state index is 11.2. The number of carbonyl (C=O) groups excluding carboxylic acids is 1. The molecule has 0 spiro atoms. The van der Waals surface area contributed by atoms with E-state index in [0.29, 0.717) is 12.4 Å². The Hall–Kier alpha value is -2.10. The number of carbonyl (C=O) groups is 1. The predicted molar refractivity (Wildman–Crippen MR) is 74.1 cm³/mol. The third-order valence-corrected chi connectivity index (χ3v) is 2.47. The van der Waals surface area contributed by atoms with Gasteiger partial charge in [-0.05, 0) is 17.7 Å². The Balaban J connectivity index is 2.28. The van der Waals surface area contributed by atoms with Gasteiger partial charge in [-0.25, -0.2) is 0 Å². The van der Waals surface area contributed by atoms with Crippen LogP contribution in [0.25, 0.3) is 0 Å². The largest absolute Gasteiger partial charge is 0.484 e. The van der Waals surface area contributed by atoms with Crippen LogP contribution >= 0.6 is 0 Å². The maximum absolute atomic E-state index is 11.2. The number of nitrogens with zero attached hydrogens (tertiary/aromatic N) is 1.